The van der Waals surface area contributed by atoms with Crippen molar-refractivity contribution in [2.24, 2.45) is 0 Å². The van der Waals surface area contributed by atoms with Crippen molar-refractivity contribution in [2.75, 3.05) is 24.6 Å². The Morgan fingerprint density at radius 2 is 2.19 bits per heavy atom. The number of aliphatic hydroxyl groups is 1. The van der Waals surface area contributed by atoms with Crippen molar-refractivity contribution in [3.05, 3.63) is 0 Å². The molecule has 5 heteroatoms. The lowest BCUT2D eigenvalue weighted by Gasteiger charge is -2.31. The summed E-state index contributed by atoms with van der Waals surface area (Å²) in [6, 6.07) is 0. The van der Waals surface area contributed by atoms with Gasteiger partial charge in [-0.3, -0.25) is 9.69 Å². The third-order valence-corrected chi connectivity index (χ3v) is 3.84. The molecule has 94 valence electrons. The molecular formula is C11H21NO3S. The van der Waals surface area contributed by atoms with Gasteiger partial charge < -0.3 is 10.2 Å². The van der Waals surface area contributed by atoms with E-state index < -0.39 is 5.97 Å². The van der Waals surface area contributed by atoms with Crippen LogP contribution in [-0.4, -0.2) is 51.9 Å². The van der Waals surface area contributed by atoms with Crippen LogP contribution in [0.2, 0.25) is 0 Å². The van der Waals surface area contributed by atoms with Crippen LogP contribution >= 0.6 is 11.8 Å². The monoisotopic (exact) mass is 247 g/mol. The fourth-order valence-corrected chi connectivity index (χ4v) is 2.72. The minimum absolute atomic E-state index is 0.247. The van der Waals surface area contributed by atoms with Crippen LogP contribution in [0.3, 0.4) is 0 Å². The average Bonchev–Trinajstić information content (AvgIpc) is 2.25. The molecular weight excluding hydrogens is 226 g/mol. The molecule has 16 heavy (non-hydrogen) atoms. The lowest BCUT2D eigenvalue weighted by Crippen LogP contribution is -2.39. The number of carbonyl (C=O) groups is 1. The predicted octanol–water partition coefficient (Wildman–Crippen LogP) is 1.39. The zero-order valence-electron chi connectivity index (χ0n) is 9.60. The molecule has 0 aliphatic carbocycles. The number of carboxylic acids is 1. The van der Waals surface area contributed by atoms with Crippen molar-refractivity contribution in [1.82, 2.24) is 4.90 Å². The van der Waals surface area contributed by atoms with Crippen LogP contribution in [0.4, 0.5) is 0 Å². The third-order valence-electron chi connectivity index (χ3n) is 2.77. The molecule has 1 rings (SSSR count). The highest BCUT2D eigenvalue weighted by atomic mass is 32.2. The molecule has 0 aromatic heterocycles. The fourth-order valence-electron chi connectivity index (χ4n) is 1.87. The number of aliphatic hydroxyl groups excluding tert-OH is 1. The summed E-state index contributed by atoms with van der Waals surface area (Å²) in [4.78, 5) is 12.4. The summed E-state index contributed by atoms with van der Waals surface area (Å²) in [5.74, 6) is 0.952. The van der Waals surface area contributed by atoms with Gasteiger partial charge in [0.25, 0.3) is 0 Å². The molecule has 1 aliphatic heterocycles. The molecule has 0 spiro atoms. The maximum absolute atomic E-state index is 10.3. The number of piperidine rings is 1. The van der Waals surface area contributed by atoms with Gasteiger partial charge in [-0.05, 0) is 31.4 Å². The lowest BCUT2D eigenvalue weighted by atomic mass is 10.1. The summed E-state index contributed by atoms with van der Waals surface area (Å²) in [5, 5.41) is 18.1. The highest BCUT2D eigenvalue weighted by Crippen LogP contribution is 2.15. The van der Waals surface area contributed by atoms with Crippen molar-refractivity contribution < 1.29 is 15.0 Å². The van der Waals surface area contributed by atoms with Crippen LogP contribution in [0, 0.1) is 0 Å². The fraction of sp³-hybridized carbons (Fsp3) is 0.909. The Labute approximate surface area is 101 Å². The van der Waals surface area contributed by atoms with Gasteiger partial charge in [-0.25, -0.2) is 0 Å². The van der Waals surface area contributed by atoms with E-state index in [1.807, 2.05) is 0 Å². The Hall–Kier alpha value is -0.260. The summed E-state index contributed by atoms with van der Waals surface area (Å²) in [6.07, 6.45) is 4.23. The molecule has 1 unspecified atom stereocenters. The zero-order chi connectivity index (χ0) is 11.8. The van der Waals surface area contributed by atoms with Gasteiger partial charge in [0.1, 0.15) is 6.23 Å². The maximum Gasteiger partial charge on any atom is 0.304 e. The summed E-state index contributed by atoms with van der Waals surface area (Å²) in [5.41, 5.74) is 0. The summed E-state index contributed by atoms with van der Waals surface area (Å²) >= 11 is 1.68. The largest absolute Gasteiger partial charge is 0.481 e. The summed E-state index contributed by atoms with van der Waals surface area (Å²) in [6.45, 7) is 1.93. The van der Waals surface area contributed by atoms with Crippen LogP contribution < -0.4 is 0 Å². The van der Waals surface area contributed by atoms with Crippen LogP contribution in [0.15, 0.2) is 0 Å². The topological polar surface area (TPSA) is 60.8 Å². The first-order valence-electron chi connectivity index (χ1n) is 5.92. The molecule has 0 aromatic rings. The van der Waals surface area contributed by atoms with Gasteiger partial charge in [0.2, 0.25) is 0 Å². The number of rotatable bonds is 7. The number of carboxylic acid groups (broad SMARTS) is 1. The second-order valence-corrected chi connectivity index (χ2v) is 5.35. The Morgan fingerprint density at radius 3 is 2.88 bits per heavy atom. The van der Waals surface area contributed by atoms with E-state index >= 15 is 0 Å². The molecule has 1 saturated heterocycles. The van der Waals surface area contributed by atoms with Crippen molar-refractivity contribution in [3.63, 3.8) is 0 Å². The van der Waals surface area contributed by atoms with Crippen molar-refractivity contribution >= 4 is 17.7 Å². The predicted molar refractivity (Wildman–Crippen MR) is 65.6 cm³/mol. The lowest BCUT2D eigenvalue weighted by molar-refractivity contribution is -0.136. The molecule has 0 radical (unpaired) electrons. The van der Waals surface area contributed by atoms with E-state index in [4.69, 9.17) is 5.11 Å². The normalized spacial score (nSPS) is 22.2. The third kappa shape index (κ3) is 5.72. The van der Waals surface area contributed by atoms with Gasteiger partial charge in [0, 0.05) is 18.8 Å². The maximum atomic E-state index is 10.3. The Morgan fingerprint density at radius 1 is 1.38 bits per heavy atom. The molecule has 0 bridgehead atoms. The minimum Gasteiger partial charge on any atom is -0.481 e. The van der Waals surface area contributed by atoms with Crippen molar-refractivity contribution in [3.8, 4) is 0 Å². The van der Waals surface area contributed by atoms with Crippen LogP contribution in [0.25, 0.3) is 0 Å². The van der Waals surface area contributed by atoms with Crippen LogP contribution in [0.5, 0.6) is 0 Å². The number of nitrogens with zero attached hydrogens (tertiary/aromatic N) is 1. The first-order valence-corrected chi connectivity index (χ1v) is 7.07. The molecule has 1 atom stereocenters. The SMILES string of the molecule is O=C(O)CCSCCCN1CCCCC1O. The van der Waals surface area contributed by atoms with Gasteiger partial charge in [-0.15, -0.1) is 0 Å². The van der Waals surface area contributed by atoms with E-state index in [9.17, 15) is 9.90 Å². The molecule has 1 heterocycles. The standard InChI is InChI=1S/C11H21NO3S/c13-10-4-1-2-6-12(10)7-3-8-16-9-5-11(14)15/h10,13H,1-9H2,(H,14,15). The molecule has 2 N–H and O–H groups in total. The highest BCUT2D eigenvalue weighted by molar-refractivity contribution is 7.99. The molecule has 4 nitrogen and oxygen atoms in total. The Balaban J connectivity index is 1.95. The average molecular weight is 247 g/mol. The molecule has 0 aromatic carbocycles. The van der Waals surface area contributed by atoms with Crippen LogP contribution in [0.1, 0.15) is 32.1 Å². The zero-order valence-corrected chi connectivity index (χ0v) is 10.4. The van der Waals surface area contributed by atoms with Gasteiger partial charge in [0.15, 0.2) is 0 Å². The van der Waals surface area contributed by atoms with Crippen LogP contribution in [-0.2, 0) is 4.79 Å². The van der Waals surface area contributed by atoms with Gasteiger partial charge >= 0.3 is 5.97 Å². The first-order chi connectivity index (χ1) is 7.70. The van der Waals surface area contributed by atoms with E-state index in [2.05, 4.69) is 4.90 Å². The van der Waals surface area contributed by atoms with E-state index in [1.165, 1.54) is 6.42 Å². The van der Waals surface area contributed by atoms with Gasteiger partial charge in [0.05, 0.1) is 6.42 Å². The van der Waals surface area contributed by atoms with Gasteiger partial charge in [-0.2, -0.15) is 11.8 Å². The number of likely N-dealkylation sites (tertiary alicyclic amines) is 1. The minimum atomic E-state index is -0.723. The van der Waals surface area contributed by atoms with E-state index in [-0.39, 0.29) is 12.6 Å². The van der Waals surface area contributed by atoms with E-state index in [1.54, 1.807) is 11.8 Å². The highest BCUT2D eigenvalue weighted by Gasteiger charge is 2.18. The summed E-state index contributed by atoms with van der Waals surface area (Å²) in [7, 11) is 0. The molecule has 1 fully saturated rings. The van der Waals surface area contributed by atoms with Gasteiger partial charge in [-0.1, -0.05) is 0 Å². The van der Waals surface area contributed by atoms with Crippen molar-refractivity contribution in [1.29, 1.82) is 0 Å². The number of thioether (sulfide) groups is 1. The van der Waals surface area contributed by atoms with E-state index in [0.29, 0.717) is 5.75 Å². The number of hydrogen-bond donors (Lipinski definition) is 2. The number of aliphatic carboxylic acids is 1. The van der Waals surface area contributed by atoms with Crippen molar-refractivity contribution in [2.45, 2.75) is 38.3 Å². The molecule has 0 amide bonds. The second kappa shape index (κ2) is 7.92. The molecule has 0 saturated carbocycles. The quantitative estimate of drug-likeness (QED) is 0.666. The number of hydrogen-bond acceptors (Lipinski definition) is 4. The first kappa shape index (κ1) is 13.8. The summed E-state index contributed by atoms with van der Waals surface area (Å²) < 4.78 is 0. The Kier molecular flexibility index (Phi) is 6.84. The van der Waals surface area contributed by atoms with E-state index in [0.717, 1.165) is 38.1 Å². The molecule has 1 aliphatic rings. The second-order valence-electron chi connectivity index (χ2n) is 4.12. The smallest absolute Gasteiger partial charge is 0.304 e. The Bertz CT molecular complexity index is 213.